The number of amides is 2. The van der Waals surface area contributed by atoms with Crippen molar-refractivity contribution in [3.8, 4) is 0 Å². The number of carbonyl (C=O) groups excluding carboxylic acids is 1. The van der Waals surface area contributed by atoms with Crippen LogP contribution in [-0.4, -0.2) is 55.6 Å². The van der Waals surface area contributed by atoms with Gasteiger partial charge in [-0.3, -0.25) is 0 Å². The molecular weight excluding hydrogens is 190 g/mol. The van der Waals surface area contributed by atoms with Crippen LogP contribution < -0.4 is 5.32 Å². The third-order valence-corrected chi connectivity index (χ3v) is 2.32. The van der Waals surface area contributed by atoms with Gasteiger partial charge in [-0.2, -0.15) is 0 Å². The summed E-state index contributed by atoms with van der Waals surface area (Å²) in [5.41, 5.74) is 0. The summed E-state index contributed by atoms with van der Waals surface area (Å²) < 4.78 is 0. The van der Waals surface area contributed by atoms with E-state index in [4.69, 9.17) is 0 Å². The monoisotopic (exact) mass is 215 g/mol. The highest BCUT2D eigenvalue weighted by molar-refractivity contribution is 5.74. The molecule has 1 fully saturated rings. The van der Waals surface area contributed by atoms with Gasteiger partial charge in [0.25, 0.3) is 0 Å². The Hall–Kier alpha value is -0.770. The third-order valence-electron chi connectivity index (χ3n) is 2.32. The Morgan fingerprint density at radius 1 is 1.20 bits per heavy atom. The van der Waals surface area contributed by atoms with Gasteiger partial charge in [0.15, 0.2) is 0 Å². The lowest BCUT2D eigenvalue weighted by molar-refractivity contribution is 0.154. The van der Waals surface area contributed by atoms with Crippen LogP contribution in [0.1, 0.15) is 27.2 Å². The first kappa shape index (κ1) is 14.2. The van der Waals surface area contributed by atoms with Gasteiger partial charge in [0.05, 0.1) is 0 Å². The van der Waals surface area contributed by atoms with Crippen molar-refractivity contribution >= 4 is 6.03 Å². The Bertz CT molecular complexity index is 165. The fourth-order valence-electron chi connectivity index (χ4n) is 1.35. The molecule has 0 spiro atoms. The van der Waals surface area contributed by atoms with Crippen molar-refractivity contribution in [1.82, 2.24) is 15.1 Å². The van der Waals surface area contributed by atoms with Crippen LogP contribution in [0.4, 0.5) is 4.79 Å². The van der Waals surface area contributed by atoms with Gasteiger partial charge < -0.3 is 15.1 Å². The van der Waals surface area contributed by atoms with Crippen molar-refractivity contribution in [3.63, 3.8) is 0 Å². The summed E-state index contributed by atoms with van der Waals surface area (Å²) in [5, 5.41) is 2.89. The number of urea groups is 1. The van der Waals surface area contributed by atoms with E-state index < -0.39 is 0 Å². The second kappa shape index (κ2) is 8.53. The van der Waals surface area contributed by atoms with E-state index >= 15 is 0 Å². The Morgan fingerprint density at radius 2 is 1.73 bits per heavy atom. The number of nitrogens with one attached hydrogen (secondary N) is 1. The van der Waals surface area contributed by atoms with Gasteiger partial charge in [-0.1, -0.05) is 20.8 Å². The van der Waals surface area contributed by atoms with Crippen molar-refractivity contribution in [1.29, 1.82) is 0 Å². The van der Waals surface area contributed by atoms with Gasteiger partial charge in [0, 0.05) is 32.7 Å². The summed E-state index contributed by atoms with van der Waals surface area (Å²) in [7, 11) is 2.08. The molecule has 0 bridgehead atoms. The Balaban J connectivity index is 0.000000921. The largest absolute Gasteiger partial charge is 0.338 e. The highest BCUT2D eigenvalue weighted by Gasteiger charge is 2.17. The molecule has 15 heavy (non-hydrogen) atoms. The quantitative estimate of drug-likeness (QED) is 0.755. The first-order chi connectivity index (χ1) is 7.24. The van der Waals surface area contributed by atoms with E-state index in [1.165, 1.54) is 0 Å². The standard InChI is InChI=1S/C9H19N3O.C2H6/c1-3-4-10-9(13)12-7-5-11(2)6-8-12;1-2/h3-8H2,1-2H3,(H,10,13);1-2H3. The van der Waals surface area contributed by atoms with Crippen LogP contribution >= 0.6 is 0 Å². The van der Waals surface area contributed by atoms with Gasteiger partial charge in [0.2, 0.25) is 0 Å². The number of likely N-dealkylation sites (N-methyl/N-ethyl adjacent to an activating group) is 1. The topological polar surface area (TPSA) is 35.6 Å². The van der Waals surface area contributed by atoms with Crippen LogP contribution in [0.2, 0.25) is 0 Å². The molecule has 1 rings (SSSR count). The molecule has 0 radical (unpaired) electrons. The van der Waals surface area contributed by atoms with Crippen LogP contribution in [0.3, 0.4) is 0 Å². The van der Waals surface area contributed by atoms with Gasteiger partial charge in [-0.05, 0) is 13.5 Å². The molecule has 0 aromatic rings. The average Bonchev–Trinajstić information content (AvgIpc) is 2.29. The maximum Gasteiger partial charge on any atom is 0.317 e. The van der Waals surface area contributed by atoms with E-state index in [0.29, 0.717) is 0 Å². The summed E-state index contributed by atoms with van der Waals surface area (Å²) in [4.78, 5) is 15.6. The minimum atomic E-state index is 0.0925. The molecule has 1 aliphatic rings. The Morgan fingerprint density at radius 3 is 2.20 bits per heavy atom. The molecule has 0 aliphatic carbocycles. The van der Waals surface area contributed by atoms with Crippen LogP contribution in [0.25, 0.3) is 0 Å². The first-order valence-electron chi connectivity index (χ1n) is 5.95. The first-order valence-corrected chi connectivity index (χ1v) is 5.95. The predicted octanol–water partition coefficient (Wildman–Crippen LogP) is 1.38. The minimum absolute atomic E-state index is 0.0925. The Labute approximate surface area is 93.6 Å². The lowest BCUT2D eigenvalue weighted by Gasteiger charge is -2.32. The van der Waals surface area contributed by atoms with Crippen molar-refractivity contribution < 1.29 is 4.79 Å². The molecular formula is C11H25N3O. The molecule has 4 nitrogen and oxygen atoms in total. The van der Waals surface area contributed by atoms with E-state index in [9.17, 15) is 4.79 Å². The number of rotatable bonds is 2. The average molecular weight is 215 g/mol. The van der Waals surface area contributed by atoms with Crippen molar-refractivity contribution in [2.75, 3.05) is 39.8 Å². The molecule has 1 heterocycles. The molecule has 0 atom stereocenters. The van der Waals surface area contributed by atoms with Crippen LogP contribution in [-0.2, 0) is 0 Å². The zero-order valence-electron chi connectivity index (χ0n) is 10.5. The SMILES string of the molecule is CC.CCCNC(=O)N1CCN(C)CC1. The number of hydrogen-bond donors (Lipinski definition) is 1. The van der Waals surface area contributed by atoms with Gasteiger partial charge in [-0.15, -0.1) is 0 Å². The Kier molecular flexibility index (Phi) is 8.09. The highest BCUT2D eigenvalue weighted by atomic mass is 16.2. The lowest BCUT2D eigenvalue weighted by Crippen LogP contribution is -2.50. The summed E-state index contributed by atoms with van der Waals surface area (Å²) in [6.07, 6.45) is 0.999. The number of piperazine rings is 1. The van der Waals surface area contributed by atoms with E-state index in [1.54, 1.807) is 0 Å². The summed E-state index contributed by atoms with van der Waals surface area (Å²) in [6.45, 7) is 10.5. The smallest absolute Gasteiger partial charge is 0.317 e. The minimum Gasteiger partial charge on any atom is -0.338 e. The van der Waals surface area contributed by atoms with E-state index in [2.05, 4.69) is 24.2 Å². The van der Waals surface area contributed by atoms with E-state index in [0.717, 1.165) is 39.1 Å². The van der Waals surface area contributed by atoms with Gasteiger partial charge in [-0.25, -0.2) is 4.79 Å². The zero-order chi connectivity index (χ0) is 11.7. The molecule has 2 amide bonds. The molecule has 4 heteroatoms. The molecule has 1 N–H and O–H groups in total. The third kappa shape index (κ3) is 5.62. The highest BCUT2D eigenvalue weighted by Crippen LogP contribution is 1.98. The van der Waals surface area contributed by atoms with Crippen molar-refractivity contribution in [2.24, 2.45) is 0 Å². The fraction of sp³-hybridized carbons (Fsp3) is 0.909. The molecule has 0 aromatic heterocycles. The maximum absolute atomic E-state index is 11.5. The van der Waals surface area contributed by atoms with Crippen LogP contribution in [0.15, 0.2) is 0 Å². The molecule has 0 unspecified atom stereocenters. The van der Waals surface area contributed by atoms with Crippen LogP contribution in [0.5, 0.6) is 0 Å². The number of nitrogens with zero attached hydrogens (tertiary/aromatic N) is 2. The molecule has 1 saturated heterocycles. The normalized spacial score (nSPS) is 16.7. The van der Waals surface area contributed by atoms with E-state index in [-0.39, 0.29) is 6.03 Å². The predicted molar refractivity (Wildman–Crippen MR) is 64.1 cm³/mol. The van der Waals surface area contributed by atoms with Crippen molar-refractivity contribution in [3.05, 3.63) is 0 Å². The fourth-order valence-corrected chi connectivity index (χ4v) is 1.35. The maximum atomic E-state index is 11.5. The summed E-state index contributed by atoms with van der Waals surface area (Å²) in [6, 6.07) is 0.0925. The van der Waals surface area contributed by atoms with Crippen molar-refractivity contribution in [2.45, 2.75) is 27.2 Å². The van der Waals surface area contributed by atoms with Crippen LogP contribution in [0, 0.1) is 0 Å². The second-order valence-electron chi connectivity index (χ2n) is 3.52. The molecule has 0 saturated carbocycles. The molecule has 1 aliphatic heterocycles. The molecule has 90 valence electrons. The van der Waals surface area contributed by atoms with E-state index in [1.807, 2.05) is 18.7 Å². The zero-order valence-corrected chi connectivity index (χ0v) is 10.5. The summed E-state index contributed by atoms with van der Waals surface area (Å²) in [5.74, 6) is 0. The van der Waals surface area contributed by atoms with Gasteiger partial charge >= 0.3 is 6.03 Å². The van der Waals surface area contributed by atoms with Gasteiger partial charge in [0.1, 0.15) is 0 Å². The molecule has 0 aromatic carbocycles. The second-order valence-corrected chi connectivity index (χ2v) is 3.52. The number of carbonyl (C=O) groups is 1. The summed E-state index contributed by atoms with van der Waals surface area (Å²) >= 11 is 0. The lowest BCUT2D eigenvalue weighted by atomic mass is 10.3. The number of hydrogen-bond acceptors (Lipinski definition) is 2.